The molecule has 0 saturated heterocycles. The summed E-state index contributed by atoms with van der Waals surface area (Å²) in [6, 6.07) is 7.56. The lowest BCUT2D eigenvalue weighted by Crippen LogP contribution is -2.27. The molecule has 0 radical (unpaired) electrons. The highest BCUT2D eigenvalue weighted by molar-refractivity contribution is 6.30. The van der Waals surface area contributed by atoms with Crippen LogP contribution >= 0.6 is 11.6 Å². The minimum absolute atomic E-state index is 0.0520. The summed E-state index contributed by atoms with van der Waals surface area (Å²) in [5, 5.41) is 4.02. The van der Waals surface area contributed by atoms with Crippen LogP contribution < -0.4 is 5.32 Å². The Labute approximate surface area is 122 Å². The minimum Gasteiger partial charge on any atom is -0.316 e. The molecule has 0 aliphatic rings. The molecule has 1 aromatic rings. The maximum atomic E-state index is 11.9. The van der Waals surface area contributed by atoms with E-state index in [9.17, 15) is 4.79 Å². The van der Waals surface area contributed by atoms with Gasteiger partial charge in [-0.15, -0.1) is 0 Å². The van der Waals surface area contributed by atoms with Crippen LogP contribution in [0.2, 0.25) is 5.02 Å². The van der Waals surface area contributed by atoms with Gasteiger partial charge in [0, 0.05) is 18.0 Å². The summed E-state index contributed by atoms with van der Waals surface area (Å²) < 4.78 is 0. The molecule has 0 aliphatic heterocycles. The Morgan fingerprint density at radius 3 is 2.26 bits per heavy atom. The van der Waals surface area contributed by atoms with Crippen LogP contribution in [0, 0.1) is 0 Å². The van der Waals surface area contributed by atoms with Gasteiger partial charge >= 0.3 is 0 Å². The van der Waals surface area contributed by atoms with Crippen molar-refractivity contribution in [1.29, 1.82) is 0 Å². The second kappa shape index (κ2) is 11.0. The summed E-state index contributed by atoms with van der Waals surface area (Å²) in [6.45, 7) is 9.68. The van der Waals surface area contributed by atoms with Gasteiger partial charge in [0.25, 0.3) is 0 Å². The van der Waals surface area contributed by atoms with E-state index in [0.717, 1.165) is 18.5 Å². The number of carbonyl (C=O) groups is 1. The lowest BCUT2D eigenvalue weighted by molar-refractivity contribution is -0.120. The second-order valence-electron chi connectivity index (χ2n) is 4.13. The average molecular weight is 284 g/mol. The van der Waals surface area contributed by atoms with E-state index in [0.29, 0.717) is 18.0 Å². The lowest BCUT2D eigenvalue weighted by atomic mass is 9.93. The Hall–Kier alpha value is -0.860. The molecular weight excluding hydrogens is 258 g/mol. The van der Waals surface area contributed by atoms with Crippen LogP contribution in [0.15, 0.2) is 24.3 Å². The van der Waals surface area contributed by atoms with Gasteiger partial charge in [-0.25, -0.2) is 0 Å². The molecule has 1 atom stereocenters. The monoisotopic (exact) mass is 283 g/mol. The average Bonchev–Trinajstić information content (AvgIpc) is 2.46. The minimum atomic E-state index is -0.0520. The summed E-state index contributed by atoms with van der Waals surface area (Å²) >= 11 is 5.86. The first-order valence-corrected chi connectivity index (χ1v) is 7.55. The first-order valence-electron chi connectivity index (χ1n) is 7.17. The molecule has 1 unspecified atom stereocenters. The molecule has 0 heterocycles. The molecule has 1 aromatic carbocycles. The van der Waals surface area contributed by atoms with Crippen LogP contribution in [-0.2, 0) is 4.79 Å². The molecule has 0 bridgehead atoms. The zero-order valence-corrected chi connectivity index (χ0v) is 13.3. The van der Waals surface area contributed by atoms with Gasteiger partial charge < -0.3 is 5.32 Å². The van der Waals surface area contributed by atoms with Gasteiger partial charge in [0.2, 0.25) is 0 Å². The van der Waals surface area contributed by atoms with Crippen molar-refractivity contribution in [2.24, 2.45) is 0 Å². The first kappa shape index (κ1) is 18.1. The number of benzene rings is 1. The van der Waals surface area contributed by atoms with Gasteiger partial charge in [-0.1, -0.05) is 51.4 Å². The Balaban J connectivity index is 0.00000154. The van der Waals surface area contributed by atoms with E-state index in [4.69, 9.17) is 11.6 Å². The van der Waals surface area contributed by atoms with Gasteiger partial charge in [-0.05, 0) is 30.7 Å². The van der Waals surface area contributed by atoms with E-state index in [-0.39, 0.29) is 11.7 Å². The number of nitrogens with one attached hydrogen (secondary N) is 1. The van der Waals surface area contributed by atoms with E-state index >= 15 is 0 Å². The van der Waals surface area contributed by atoms with Crippen molar-refractivity contribution < 1.29 is 4.79 Å². The molecule has 1 rings (SSSR count). The number of hydrogen-bond donors (Lipinski definition) is 1. The van der Waals surface area contributed by atoms with Gasteiger partial charge in [0.1, 0.15) is 5.78 Å². The highest BCUT2D eigenvalue weighted by Crippen LogP contribution is 2.20. The summed E-state index contributed by atoms with van der Waals surface area (Å²) in [7, 11) is 0. The third kappa shape index (κ3) is 6.74. The van der Waals surface area contributed by atoms with Crippen molar-refractivity contribution in [3.05, 3.63) is 34.9 Å². The molecule has 0 fully saturated rings. The summed E-state index contributed by atoms with van der Waals surface area (Å²) in [5.74, 6) is 0.222. The van der Waals surface area contributed by atoms with E-state index < -0.39 is 0 Å². The summed E-state index contributed by atoms with van der Waals surface area (Å²) in [6.07, 6.45) is 1.65. The van der Waals surface area contributed by atoms with E-state index in [2.05, 4.69) is 12.2 Å². The molecule has 0 spiro atoms. The normalized spacial score (nSPS) is 11.4. The first-order chi connectivity index (χ1) is 9.19. The number of rotatable bonds is 7. The molecule has 0 aliphatic carbocycles. The van der Waals surface area contributed by atoms with Gasteiger partial charge in [0.05, 0.1) is 5.92 Å². The maximum absolute atomic E-state index is 11.9. The Morgan fingerprint density at radius 1 is 1.21 bits per heavy atom. The van der Waals surface area contributed by atoms with Crippen molar-refractivity contribution >= 4 is 17.4 Å². The molecule has 0 aromatic heterocycles. The Morgan fingerprint density at radius 2 is 1.79 bits per heavy atom. The standard InChI is InChI=1S/C14H20ClNO.C2H6/c1-3-9-16-10-13(14(17)4-2)11-5-7-12(15)8-6-11;1-2/h5-8,13,16H,3-4,9-10H2,1-2H3;1-2H3. The Kier molecular flexibility index (Phi) is 10.5. The van der Waals surface area contributed by atoms with Crippen molar-refractivity contribution in [1.82, 2.24) is 5.32 Å². The lowest BCUT2D eigenvalue weighted by Gasteiger charge is -2.16. The molecule has 0 saturated carbocycles. The highest BCUT2D eigenvalue weighted by atomic mass is 35.5. The third-order valence-electron chi connectivity index (χ3n) is 2.78. The molecule has 1 N–H and O–H groups in total. The predicted molar refractivity (Wildman–Crippen MR) is 84.0 cm³/mol. The van der Waals surface area contributed by atoms with Crippen LogP contribution in [0.3, 0.4) is 0 Å². The molecule has 3 heteroatoms. The fourth-order valence-electron chi connectivity index (χ4n) is 1.78. The van der Waals surface area contributed by atoms with Crippen molar-refractivity contribution in [3.63, 3.8) is 0 Å². The number of halogens is 1. The summed E-state index contributed by atoms with van der Waals surface area (Å²) in [5.41, 5.74) is 1.05. The summed E-state index contributed by atoms with van der Waals surface area (Å²) in [4.78, 5) is 11.9. The molecule has 2 nitrogen and oxygen atoms in total. The zero-order chi connectivity index (χ0) is 14.7. The largest absolute Gasteiger partial charge is 0.316 e. The zero-order valence-electron chi connectivity index (χ0n) is 12.5. The fraction of sp³-hybridized carbons (Fsp3) is 0.562. The van der Waals surface area contributed by atoms with Crippen molar-refractivity contribution in [2.75, 3.05) is 13.1 Å². The number of Topliss-reactive ketones (excluding diaryl/α,β-unsaturated/α-hetero) is 1. The third-order valence-corrected chi connectivity index (χ3v) is 3.04. The highest BCUT2D eigenvalue weighted by Gasteiger charge is 2.18. The van der Waals surface area contributed by atoms with Crippen LogP contribution in [0.1, 0.15) is 52.0 Å². The van der Waals surface area contributed by atoms with Gasteiger partial charge in [0.15, 0.2) is 0 Å². The van der Waals surface area contributed by atoms with Crippen LogP contribution in [-0.4, -0.2) is 18.9 Å². The van der Waals surface area contributed by atoms with Gasteiger partial charge in [-0.3, -0.25) is 4.79 Å². The fourth-order valence-corrected chi connectivity index (χ4v) is 1.91. The topological polar surface area (TPSA) is 29.1 Å². The van der Waals surface area contributed by atoms with Gasteiger partial charge in [-0.2, -0.15) is 0 Å². The quantitative estimate of drug-likeness (QED) is 0.750. The number of ketones is 1. The van der Waals surface area contributed by atoms with Crippen LogP contribution in [0.5, 0.6) is 0 Å². The second-order valence-corrected chi connectivity index (χ2v) is 4.56. The smallest absolute Gasteiger partial charge is 0.141 e. The maximum Gasteiger partial charge on any atom is 0.141 e. The van der Waals surface area contributed by atoms with E-state index in [1.54, 1.807) is 0 Å². The number of hydrogen-bond acceptors (Lipinski definition) is 2. The SMILES string of the molecule is CC.CCCNCC(C(=O)CC)c1ccc(Cl)cc1. The van der Waals surface area contributed by atoms with Crippen molar-refractivity contribution in [2.45, 2.75) is 46.5 Å². The predicted octanol–water partition coefficient (Wildman–Crippen LogP) is 4.43. The molecule has 108 valence electrons. The Bertz CT molecular complexity index is 348. The van der Waals surface area contributed by atoms with E-state index in [1.165, 1.54) is 0 Å². The molecule has 19 heavy (non-hydrogen) atoms. The molecular formula is C16H26ClNO. The number of carbonyl (C=O) groups excluding carboxylic acids is 1. The van der Waals surface area contributed by atoms with Crippen LogP contribution in [0.25, 0.3) is 0 Å². The van der Waals surface area contributed by atoms with Crippen LogP contribution in [0.4, 0.5) is 0 Å². The van der Waals surface area contributed by atoms with E-state index in [1.807, 2.05) is 45.0 Å². The molecule has 0 amide bonds. The van der Waals surface area contributed by atoms with Crippen molar-refractivity contribution in [3.8, 4) is 0 Å².